The first-order chi connectivity index (χ1) is 10.6. The van der Waals surface area contributed by atoms with Crippen molar-refractivity contribution in [3.8, 4) is 11.5 Å². The molecule has 0 atom stereocenters. The SMILES string of the molecule is CC(C)c1ccc(OCCOc2ccc(Cl)cc2C=O)cc1. The maximum atomic E-state index is 11.0. The third kappa shape index (κ3) is 4.50. The molecule has 0 saturated heterocycles. The number of hydrogen-bond acceptors (Lipinski definition) is 3. The Morgan fingerprint density at radius 2 is 1.73 bits per heavy atom. The first kappa shape index (κ1) is 16.4. The maximum absolute atomic E-state index is 11.0. The minimum Gasteiger partial charge on any atom is -0.490 e. The van der Waals surface area contributed by atoms with Crippen molar-refractivity contribution >= 4 is 17.9 Å². The quantitative estimate of drug-likeness (QED) is 0.546. The second-order valence-corrected chi connectivity index (χ2v) is 5.66. The topological polar surface area (TPSA) is 35.5 Å². The smallest absolute Gasteiger partial charge is 0.153 e. The molecule has 3 nitrogen and oxygen atoms in total. The van der Waals surface area contributed by atoms with Crippen molar-refractivity contribution in [3.05, 3.63) is 58.6 Å². The molecule has 0 fully saturated rings. The molecule has 0 aliphatic rings. The summed E-state index contributed by atoms with van der Waals surface area (Å²) in [5.41, 5.74) is 1.72. The summed E-state index contributed by atoms with van der Waals surface area (Å²) >= 11 is 5.83. The van der Waals surface area contributed by atoms with Crippen LogP contribution in [-0.4, -0.2) is 19.5 Å². The summed E-state index contributed by atoms with van der Waals surface area (Å²) in [5.74, 6) is 1.82. The molecule has 116 valence electrons. The van der Waals surface area contributed by atoms with Gasteiger partial charge in [0.2, 0.25) is 0 Å². The molecular weight excluding hydrogens is 300 g/mol. The van der Waals surface area contributed by atoms with Crippen LogP contribution in [0.25, 0.3) is 0 Å². The molecule has 0 saturated carbocycles. The van der Waals surface area contributed by atoms with Gasteiger partial charge < -0.3 is 9.47 Å². The lowest BCUT2D eigenvalue weighted by atomic mass is 10.0. The van der Waals surface area contributed by atoms with Crippen LogP contribution in [-0.2, 0) is 0 Å². The van der Waals surface area contributed by atoms with Crippen LogP contribution in [0.15, 0.2) is 42.5 Å². The zero-order chi connectivity index (χ0) is 15.9. The van der Waals surface area contributed by atoms with E-state index >= 15 is 0 Å². The van der Waals surface area contributed by atoms with Crippen LogP contribution in [0.1, 0.15) is 35.7 Å². The van der Waals surface area contributed by atoms with Gasteiger partial charge in [0.15, 0.2) is 6.29 Å². The van der Waals surface area contributed by atoms with E-state index in [0.717, 1.165) is 12.0 Å². The summed E-state index contributed by atoms with van der Waals surface area (Å²) in [7, 11) is 0. The van der Waals surface area contributed by atoms with Gasteiger partial charge in [-0.05, 0) is 41.8 Å². The molecule has 0 amide bonds. The van der Waals surface area contributed by atoms with Crippen molar-refractivity contribution in [2.24, 2.45) is 0 Å². The Morgan fingerprint density at radius 1 is 1.05 bits per heavy atom. The number of aldehydes is 1. The van der Waals surface area contributed by atoms with Crippen molar-refractivity contribution in [2.45, 2.75) is 19.8 Å². The fourth-order valence-electron chi connectivity index (χ4n) is 2.00. The molecule has 0 aliphatic heterocycles. The second kappa shape index (κ2) is 7.85. The van der Waals surface area contributed by atoms with Crippen molar-refractivity contribution in [2.75, 3.05) is 13.2 Å². The predicted molar refractivity (Wildman–Crippen MR) is 88.4 cm³/mol. The van der Waals surface area contributed by atoms with Crippen LogP contribution in [0.4, 0.5) is 0 Å². The maximum Gasteiger partial charge on any atom is 0.153 e. The third-order valence-electron chi connectivity index (χ3n) is 3.26. The predicted octanol–water partition coefficient (Wildman–Crippen LogP) is 4.73. The molecule has 2 aromatic carbocycles. The van der Waals surface area contributed by atoms with Gasteiger partial charge in [-0.25, -0.2) is 0 Å². The molecule has 4 heteroatoms. The van der Waals surface area contributed by atoms with E-state index in [1.54, 1.807) is 18.2 Å². The lowest BCUT2D eigenvalue weighted by Gasteiger charge is -2.11. The highest BCUT2D eigenvalue weighted by Gasteiger charge is 2.04. The zero-order valence-corrected chi connectivity index (χ0v) is 13.5. The lowest BCUT2D eigenvalue weighted by Crippen LogP contribution is -2.10. The van der Waals surface area contributed by atoms with Gasteiger partial charge in [0.05, 0.1) is 5.56 Å². The Bertz CT molecular complexity index is 621. The minimum atomic E-state index is 0.356. The molecule has 0 aliphatic carbocycles. The number of carbonyl (C=O) groups is 1. The fourth-order valence-corrected chi connectivity index (χ4v) is 2.18. The van der Waals surface area contributed by atoms with E-state index in [2.05, 4.69) is 26.0 Å². The average Bonchev–Trinajstić information content (AvgIpc) is 2.53. The van der Waals surface area contributed by atoms with Crippen LogP contribution < -0.4 is 9.47 Å². The number of benzene rings is 2. The molecule has 0 spiro atoms. The number of hydrogen-bond donors (Lipinski definition) is 0. The van der Waals surface area contributed by atoms with E-state index in [-0.39, 0.29) is 0 Å². The van der Waals surface area contributed by atoms with Gasteiger partial charge in [-0.1, -0.05) is 37.6 Å². The number of rotatable bonds is 7. The van der Waals surface area contributed by atoms with E-state index in [1.807, 2.05) is 12.1 Å². The Hall–Kier alpha value is -2.00. The molecular formula is C18H19ClO3. The second-order valence-electron chi connectivity index (χ2n) is 5.22. The highest BCUT2D eigenvalue weighted by Crippen LogP contribution is 2.21. The Labute approximate surface area is 135 Å². The Morgan fingerprint density at radius 3 is 2.36 bits per heavy atom. The van der Waals surface area contributed by atoms with Crippen LogP contribution in [0.2, 0.25) is 5.02 Å². The van der Waals surface area contributed by atoms with E-state index in [0.29, 0.717) is 35.5 Å². The highest BCUT2D eigenvalue weighted by atomic mass is 35.5. The van der Waals surface area contributed by atoms with E-state index in [4.69, 9.17) is 21.1 Å². The van der Waals surface area contributed by atoms with E-state index in [1.165, 1.54) is 5.56 Å². The van der Waals surface area contributed by atoms with Crippen molar-refractivity contribution in [1.29, 1.82) is 0 Å². The Balaban J connectivity index is 1.83. The van der Waals surface area contributed by atoms with Gasteiger partial charge in [-0.15, -0.1) is 0 Å². The van der Waals surface area contributed by atoms with Gasteiger partial charge in [0.1, 0.15) is 24.7 Å². The molecule has 0 heterocycles. The zero-order valence-electron chi connectivity index (χ0n) is 12.7. The first-order valence-electron chi connectivity index (χ1n) is 7.20. The molecule has 0 bridgehead atoms. The first-order valence-corrected chi connectivity index (χ1v) is 7.58. The molecule has 0 aromatic heterocycles. The van der Waals surface area contributed by atoms with Crippen molar-refractivity contribution < 1.29 is 14.3 Å². The normalized spacial score (nSPS) is 10.5. The van der Waals surface area contributed by atoms with Gasteiger partial charge in [-0.3, -0.25) is 4.79 Å². The van der Waals surface area contributed by atoms with Gasteiger partial charge >= 0.3 is 0 Å². The number of halogens is 1. The van der Waals surface area contributed by atoms with Crippen LogP contribution >= 0.6 is 11.6 Å². The molecule has 2 rings (SSSR count). The number of ether oxygens (including phenoxy) is 2. The monoisotopic (exact) mass is 318 g/mol. The van der Waals surface area contributed by atoms with E-state index in [9.17, 15) is 4.79 Å². The Kier molecular flexibility index (Phi) is 5.84. The molecule has 0 radical (unpaired) electrons. The summed E-state index contributed by atoms with van der Waals surface area (Å²) in [6.45, 7) is 5.07. The minimum absolute atomic E-state index is 0.356. The summed E-state index contributed by atoms with van der Waals surface area (Å²) in [5, 5.41) is 0.510. The summed E-state index contributed by atoms with van der Waals surface area (Å²) in [4.78, 5) is 11.0. The molecule has 2 aromatic rings. The van der Waals surface area contributed by atoms with Crippen LogP contribution in [0.5, 0.6) is 11.5 Å². The fraction of sp³-hybridized carbons (Fsp3) is 0.278. The molecule has 22 heavy (non-hydrogen) atoms. The van der Waals surface area contributed by atoms with Crippen molar-refractivity contribution in [1.82, 2.24) is 0 Å². The largest absolute Gasteiger partial charge is 0.490 e. The summed E-state index contributed by atoms with van der Waals surface area (Å²) in [6.07, 6.45) is 0.729. The molecule has 0 unspecified atom stereocenters. The molecule has 0 N–H and O–H groups in total. The van der Waals surface area contributed by atoms with Crippen molar-refractivity contribution in [3.63, 3.8) is 0 Å². The van der Waals surface area contributed by atoms with Crippen LogP contribution in [0.3, 0.4) is 0 Å². The standard InChI is InChI=1S/C18H19ClO3/c1-13(2)14-3-6-17(7-4-14)21-9-10-22-18-8-5-16(19)11-15(18)12-20/h3-8,11-13H,9-10H2,1-2H3. The average molecular weight is 319 g/mol. The highest BCUT2D eigenvalue weighted by molar-refractivity contribution is 6.30. The summed E-state index contributed by atoms with van der Waals surface area (Å²) < 4.78 is 11.2. The number of carbonyl (C=O) groups excluding carboxylic acids is 1. The lowest BCUT2D eigenvalue weighted by molar-refractivity contribution is 0.111. The van der Waals surface area contributed by atoms with Crippen LogP contribution in [0, 0.1) is 0 Å². The van der Waals surface area contributed by atoms with Gasteiger partial charge in [-0.2, -0.15) is 0 Å². The van der Waals surface area contributed by atoms with Gasteiger partial charge in [0.25, 0.3) is 0 Å². The van der Waals surface area contributed by atoms with E-state index < -0.39 is 0 Å². The third-order valence-corrected chi connectivity index (χ3v) is 3.49. The van der Waals surface area contributed by atoms with Gasteiger partial charge in [0, 0.05) is 5.02 Å². The summed E-state index contributed by atoms with van der Waals surface area (Å²) in [6, 6.07) is 13.0.